The van der Waals surface area contributed by atoms with Crippen molar-refractivity contribution in [1.29, 1.82) is 0 Å². The van der Waals surface area contributed by atoms with Crippen molar-refractivity contribution in [2.45, 2.75) is 0 Å². The lowest BCUT2D eigenvalue weighted by Crippen LogP contribution is -1.84. The van der Waals surface area contributed by atoms with Crippen molar-refractivity contribution < 1.29 is 0 Å². The smallest absolute Gasteiger partial charge is 0.138 e. The minimum absolute atomic E-state index is 0.688. The summed E-state index contributed by atoms with van der Waals surface area (Å²) in [6.07, 6.45) is 3.58. The van der Waals surface area contributed by atoms with E-state index in [4.69, 9.17) is 23.2 Å². The molecule has 0 radical (unpaired) electrons. The van der Waals surface area contributed by atoms with Gasteiger partial charge in [0, 0.05) is 28.4 Å². The van der Waals surface area contributed by atoms with Crippen molar-refractivity contribution in [3.8, 4) is 11.1 Å². The van der Waals surface area contributed by atoms with E-state index in [0.29, 0.717) is 10.0 Å². The molecular formula is C13H8Cl2N2. The van der Waals surface area contributed by atoms with Crippen molar-refractivity contribution in [1.82, 2.24) is 9.97 Å². The monoisotopic (exact) mass is 262 g/mol. The Morgan fingerprint density at radius 2 is 2.00 bits per heavy atom. The van der Waals surface area contributed by atoms with Crippen LogP contribution in [0.2, 0.25) is 10.0 Å². The Hall–Kier alpha value is -1.51. The number of rotatable bonds is 1. The highest BCUT2D eigenvalue weighted by Gasteiger charge is 2.09. The molecule has 0 atom stereocenters. The number of aromatic amines is 1. The lowest BCUT2D eigenvalue weighted by molar-refractivity contribution is 1.33. The molecular weight excluding hydrogens is 255 g/mol. The van der Waals surface area contributed by atoms with E-state index in [1.807, 2.05) is 36.5 Å². The van der Waals surface area contributed by atoms with Crippen LogP contribution in [0.3, 0.4) is 0 Å². The van der Waals surface area contributed by atoms with E-state index in [9.17, 15) is 0 Å². The summed E-state index contributed by atoms with van der Waals surface area (Å²) in [5, 5.41) is 2.30. The van der Waals surface area contributed by atoms with Gasteiger partial charge in [0.15, 0.2) is 0 Å². The molecule has 3 rings (SSSR count). The van der Waals surface area contributed by atoms with Crippen LogP contribution in [-0.2, 0) is 0 Å². The Labute approximate surface area is 108 Å². The number of H-pyrrole nitrogens is 1. The first kappa shape index (κ1) is 10.6. The highest BCUT2D eigenvalue weighted by Crippen LogP contribution is 2.33. The molecule has 17 heavy (non-hydrogen) atoms. The number of fused-ring (bicyclic) bond motifs is 1. The van der Waals surface area contributed by atoms with E-state index in [0.717, 1.165) is 22.2 Å². The molecule has 84 valence electrons. The average molecular weight is 263 g/mol. The number of hydrogen-bond donors (Lipinski definition) is 1. The maximum Gasteiger partial charge on any atom is 0.138 e. The molecule has 2 nitrogen and oxygen atoms in total. The molecule has 0 aliphatic rings. The van der Waals surface area contributed by atoms with Crippen LogP contribution >= 0.6 is 23.2 Å². The SMILES string of the molecule is Clc1cccc(-c2cnc3[nH]ccc3c2Cl)c1. The van der Waals surface area contributed by atoms with Crippen LogP contribution < -0.4 is 0 Å². The van der Waals surface area contributed by atoms with Gasteiger partial charge < -0.3 is 4.98 Å². The number of nitrogens with one attached hydrogen (secondary N) is 1. The molecule has 0 aliphatic heterocycles. The molecule has 0 saturated heterocycles. The third kappa shape index (κ3) is 1.79. The molecule has 0 aliphatic carbocycles. The Morgan fingerprint density at radius 1 is 1.12 bits per heavy atom. The molecule has 0 bridgehead atoms. The number of benzene rings is 1. The molecule has 1 aromatic carbocycles. The normalized spacial score (nSPS) is 10.9. The molecule has 1 N–H and O–H groups in total. The molecule has 0 spiro atoms. The maximum atomic E-state index is 6.37. The Morgan fingerprint density at radius 3 is 2.82 bits per heavy atom. The van der Waals surface area contributed by atoms with Gasteiger partial charge >= 0.3 is 0 Å². The lowest BCUT2D eigenvalue weighted by Gasteiger charge is -2.05. The van der Waals surface area contributed by atoms with Gasteiger partial charge in [-0.05, 0) is 23.8 Å². The fraction of sp³-hybridized carbons (Fsp3) is 0. The molecule has 2 aromatic heterocycles. The predicted molar refractivity (Wildman–Crippen MR) is 71.5 cm³/mol. The summed E-state index contributed by atoms with van der Waals surface area (Å²) in [4.78, 5) is 7.35. The van der Waals surface area contributed by atoms with E-state index in [2.05, 4.69) is 9.97 Å². The van der Waals surface area contributed by atoms with Gasteiger partial charge in [-0.1, -0.05) is 35.3 Å². The van der Waals surface area contributed by atoms with Crippen molar-refractivity contribution >= 4 is 34.2 Å². The third-order valence-electron chi connectivity index (χ3n) is 2.66. The zero-order chi connectivity index (χ0) is 11.8. The Bertz CT molecular complexity index is 689. The van der Waals surface area contributed by atoms with Gasteiger partial charge in [-0.2, -0.15) is 0 Å². The second kappa shape index (κ2) is 4.06. The van der Waals surface area contributed by atoms with Gasteiger partial charge in [0.05, 0.1) is 5.02 Å². The van der Waals surface area contributed by atoms with Crippen LogP contribution in [0, 0.1) is 0 Å². The first-order chi connectivity index (χ1) is 8.25. The lowest BCUT2D eigenvalue weighted by atomic mass is 10.1. The molecule has 0 fully saturated rings. The second-order valence-electron chi connectivity index (χ2n) is 3.74. The van der Waals surface area contributed by atoms with Crippen LogP contribution in [0.5, 0.6) is 0 Å². The fourth-order valence-corrected chi connectivity index (χ4v) is 2.33. The predicted octanol–water partition coefficient (Wildman–Crippen LogP) is 4.54. The standard InChI is InChI=1S/C13H8Cl2N2/c14-9-3-1-2-8(6-9)11-7-17-13-10(12(11)15)4-5-16-13/h1-7H,(H,16,17). The largest absolute Gasteiger partial charge is 0.346 e. The Balaban J connectivity index is 2.27. The molecule has 0 amide bonds. The second-order valence-corrected chi connectivity index (χ2v) is 4.55. The molecule has 2 heterocycles. The van der Waals surface area contributed by atoms with Gasteiger partial charge in [0.2, 0.25) is 0 Å². The van der Waals surface area contributed by atoms with Crippen molar-refractivity contribution in [3.05, 3.63) is 52.8 Å². The van der Waals surface area contributed by atoms with Crippen LogP contribution in [0.15, 0.2) is 42.7 Å². The van der Waals surface area contributed by atoms with E-state index in [1.54, 1.807) is 6.20 Å². The van der Waals surface area contributed by atoms with Gasteiger partial charge in [-0.15, -0.1) is 0 Å². The quantitative estimate of drug-likeness (QED) is 0.686. The summed E-state index contributed by atoms with van der Waals surface area (Å²) in [7, 11) is 0. The minimum Gasteiger partial charge on any atom is -0.346 e. The molecule has 3 aromatic rings. The summed E-state index contributed by atoms with van der Waals surface area (Å²) >= 11 is 12.3. The zero-order valence-electron chi connectivity index (χ0n) is 8.74. The zero-order valence-corrected chi connectivity index (χ0v) is 10.3. The minimum atomic E-state index is 0.688. The van der Waals surface area contributed by atoms with Crippen molar-refractivity contribution in [3.63, 3.8) is 0 Å². The topological polar surface area (TPSA) is 28.7 Å². The van der Waals surface area contributed by atoms with Gasteiger partial charge in [0.25, 0.3) is 0 Å². The van der Waals surface area contributed by atoms with E-state index in [-0.39, 0.29) is 0 Å². The first-order valence-electron chi connectivity index (χ1n) is 5.13. The summed E-state index contributed by atoms with van der Waals surface area (Å²) < 4.78 is 0. The summed E-state index contributed by atoms with van der Waals surface area (Å²) in [5.41, 5.74) is 2.65. The number of halogens is 2. The first-order valence-corrected chi connectivity index (χ1v) is 5.89. The number of hydrogen-bond acceptors (Lipinski definition) is 1. The number of aromatic nitrogens is 2. The molecule has 0 saturated carbocycles. The van der Waals surface area contributed by atoms with E-state index < -0.39 is 0 Å². The molecule has 4 heteroatoms. The summed E-state index contributed by atoms with van der Waals surface area (Å²) in [6, 6.07) is 9.49. The van der Waals surface area contributed by atoms with E-state index in [1.165, 1.54) is 0 Å². The van der Waals surface area contributed by atoms with Crippen molar-refractivity contribution in [2.75, 3.05) is 0 Å². The molecule has 0 unspecified atom stereocenters. The number of pyridine rings is 1. The van der Waals surface area contributed by atoms with Crippen LogP contribution in [0.1, 0.15) is 0 Å². The van der Waals surface area contributed by atoms with Crippen LogP contribution in [0.25, 0.3) is 22.2 Å². The average Bonchev–Trinajstić information content (AvgIpc) is 2.78. The van der Waals surface area contributed by atoms with Crippen LogP contribution in [0.4, 0.5) is 0 Å². The fourth-order valence-electron chi connectivity index (χ4n) is 1.83. The summed E-state index contributed by atoms with van der Waals surface area (Å²) in [5.74, 6) is 0. The van der Waals surface area contributed by atoms with Gasteiger partial charge in [-0.3, -0.25) is 0 Å². The highest BCUT2D eigenvalue weighted by atomic mass is 35.5. The third-order valence-corrected chi connectivity index (χ3v) is 3.30. The van der Waals surface area contributed by atoms with E-state index >= 15 is 0 Å². The van der Waals surface area contributed by atoms with Crippen LogP contribution in [-0.4, -0.2) is 9.97 Å². The van der Waals surface area contributed by atoms with Gasteiger partial charge in [-0.25, -0.2) is 4.98 Å². The van der Waals surface area contributed by atoms with Gasteiger partial charge in [0.1, 0.15) is 5.65 Å². The van der Waals surface area contributed by atoms with Crippen molar-refractivity contribution in [2.24, 2.45) is 0 Å². The maximum absolute atomic E-state index is 6.37. The Kier molecular flexibility index (Phi) is 2.54. The highest BCUT2D eigenvalue weighted by molar-refractivity contribution is 6.38. The summed E-state index contributed by atoms with van der Waals surface area (Å²) in [6.45, 7) is 0. The number of nitrogens with zero attached hydrogens (tertiary/aromatic N) is 1.